The van der Waals surface area contributed by atoms with Crippen molar-refractivity contribution in [3.63, 3.8) is 0 Å². The van der Waals surface area contributed by atoms with Gasteiger partial charge >= 0.3 is 0 Å². The van der Waals surface area contributed by atoms with Crippen LogP contribution in [0.25, 0.3) is 5.57 Å². The first-order chi connectivity index (χ1) is 14.9. The Kier molecular flexibility index (Phi) is 5.75. The van der Waals surface area contributed by atoms with E-state index in [-0.39, 0.29) is 29.5 Å². The summed E-state index contributed by atoms with van der Waals surface area (Å²) < 4.78 is 0. The number of anilines is 1. The van der Waals surface area contributed by atoms with Crippen molar-refractivity contribution < 1.29 is 19.6 Å². The molecule has 1 unspecified atom stereocenters. The molecule has 2 amide bonds. The van der Waals surface area contributed by atoms with E-state index >= 15 is 0 Å². The van der Waals surface area contributed by atoms with Crippen molar-refractivity contribution in [1.29, 1.82) is 0 Å². The van der Waals surface area contributed by atoms with E-state index in [0.29, 0.717) is 29.4 Å². The molecular formula is C22H20ClN3O5. The maximum atomic E-state index is 13.5. The monoisotopic (exact) mass is 441 g/mol. The Labute approximate surface area is 183 Å². The first-order valence-corrected chi connectivity index (χ1v) is 10.3. The molecule has 9 heteroatoms. The molecule has 2 aromatic rings. The molecule has 160 valence electrons. The van der Waals surface area contributed by atoms with Gasteiger partial charge in [-0.2, -0.15) is 0 Å². The lowest BCUT2D eigenvalue weighted by atomic mass is 9.97. The van der Waals surface area contributed by atoms with Gasteiger partial charge < -0.3 is 10.0 Å². The van der Waals surface area contributed by atoms with Crippen LogP contribution in [0.3, 0.4) is 0 Å². The summed E-state index contributed by atoms with van der Waals surface area (Å²) in [7, 11) is 0. The molecule has 2 heterocycles. The fourth-order valence-corrected chi connectivity index (χ4v) is 4.27. The number of nitro benzene ring substituents is 1. The number of likely N-dealkylation sites (tertiary alicyclic amines) is 1. The first kappa shape index (κ1) is 21.0. The zero-order valence-corrected chi connectivity index (χ0v) is 17.3. The van der Waals surface area contributed by atoms with Gasteiger partial charge in [-0.25, -0.2) is 4.90 Å². The topological polar surface area (TPSA) is 104 Å². The van der Waals surface area contributed by atoms with Crippen molar-refractivity contribution in [3.8, 4) is 0 Å². The number of carbonyl (C=O) groups is 2. The summed E-state index contributed by atoms with van der Waals surface area (Å²) in [6, 6.07) is 12.1. The summed E-state index contributed by atoms with van der Waals surface area (Å²) in [5.41, 5.74) is 1.12. The molecule has 1 N–H and O–H groups in total. The van der Waals surface area contributed by atoms with Crippen molar-refractivity contribution >= 4 is 40.4 Å². The number of aliphatic hydroxyl groups is 1. The Balaban J connectivity index is 1.81. The third kappa shape index (κ3) is 3.92. The minimum atomic E-state index is -0.518. The van der Waals surface area contributed by atoms with Gasteiger partial charge in [-0.1, -0.05) is 17.7 Å². The number of imide groups is 1. The van der Waals surface area contributed by atoms with Gasteiger partial charge in [0.2, 0.25) is 0 Å². The number of nitrogens with zero attached hydrogens (tertiary/aromatic N) is 3. The maximum absolute atomic E-state index is 13.5. The highest BCUT2D eigenvalue weighted by Crippen LogP contribution is 2.37. The number of rotatable bonds is 5. The number of aliphatic hydroxyl groups excluding tert-OH is 1. The molecule has 1 atom stereocenters. The Morgan fingerprint density at radius 1 is 1.13 bits per heavy atom. The van der Waals surface area contributed by atoms with Crippen LogP contribution in [0.1, 0.15) is 18.4 Å². The first-order valence-electron chi connectivity index (χ1n) is 9.90. The SMILES string of the molecule is O=C1C(c2ccc([N+](=O)[O-])cc2)=C(N2CCCC(CO)C2)C(=O)N1c1cccc(Cl)c1. The van der Waals surface area contributed by atoms with Crippen LogP contribution in [-0.2, 0) is 9.59 Å². The van der Waals surface area contributed by atoms with E-state index < -0.39 is 16.7 Å². The second kappa shape index (κ2) is 8.49. The molecule has 0 radical (unpaired) electrons. The Hall–Kier alpha value is -3.23. The van der Waals surface area contributed by atoms with Crippen molar-refractivity contribution in [1.82, 2.24) is 4.90 Å². The Morgan fingerprint density at radius 3 is 2.52 bits per heavy atom. The molecule has 1 fully saturated rings. The van der Waals surface area contributed by atoms with Crippen LogP contribution >= 0.6 is 11.6 Å². The molecule has 0 saturated carbocycles. The highest BCUT2D eigenvalue weighted by Gasteiger charge is 2.43. The lowest BCUT2D eigenvalue weighted by molar-refractivity contribution is -0.384. The second-order valence-corrected chi connectivity index (χ2v) is 8.03. The zero-order chi connectivity index (χ0) is 22.1. The molecule has 31 heavy (non-hydrogen) atoms. The number of piperidine rings is 1. The average Bonchev–Trinajstić information content (AvgIpc) is 3.03. The summed E-state index contributed by atoms with van der Waals surface area (Å²) in [6.45, 7) is 1.02. The number of halogens is 1. The lowest BCUT2D eigenvalue weighted by Crippen LogP contribution is -2.40. The third-order valence-electron chi connectivity index (χ3n) is 5.59. The number of carbonyl (C=O) groups excluding carboxylic acids is 2. The van der Waals surface area contributed by atoms with Crippen LogP contribution in [0, 0.1) is 16.0 Å². The molecule has 4 rings (SSSR count). The largest absolute Gasteiger partial charge is 0.396 e. The molecule has 0 aliphatic carbocycles. The van der Waals surface area contributed by atoms with E-state index in [0.717, 1.165) is 17.7 Å². The van der Waals surface area contributed by atoms with Crippen LogP contribution in [0.4, 0.5) is 11.4 Å². The van der Waals surface area contributed by atoms with Gasteiger partial charge in [-0.15, -0.1) is 0 Å². The quantitative estimate of drug-likeness (QED) is 0.434. The van der Waals surface area contributed by atoms with E-state index in [1.807, 2.05) is 4.90 Å². The summed E-state index contributed by atoms with van der Waals surface area (Å²) >= 11 is 6.08. The third-order valence-corrected chi connectivity index (χ3v) is 5.82. The number of hydrogen-bond donors (Lipinski definition) is 1. The molecule has 8 nitrogen and oxygen atoms in total. The normalized spacial score (nSPS) is 19.4. The van der Waals surface area contributed by atoms with E-state index in [2.05, 4.69) is 0 Å². The summed E-state index contributed by atoms with van der Waals surface area (Å²) in [5, 5.41) is 21.0. The minimum Gasteiger partial charge on any atom is -0.396 e. The number of nitro groups is 1. The smallest absolute Gasteiger partial charge is 0.282 e. The number of hydrogen-bond acceptors (Lipinski definition) is 6. The van der Waals surface area contributed by atoms with E-state index in [1.54, 1.807) is 24.3 Å². The highest BCUT2D eigenvalue weighted by atomic mass is 35.5. The number of benzene rings is 2. The van der Waals surface area contributed by atoms with Crippen molar-refractivity contribution in [3.05, 3.63) is 74.9 Å². The van der Waals surface area contributed by atoms with Gasteiger partial charge in [0.1, 0.15) is 5.70 Å². The highest BCUT2D eigenvalue weighted by molar-refractivity contribution is 6.45. The average molecular weight is 442 g/mol. The van der Waals surface area contributed by atoms with Crippen molar-refractivity contribution in [2.45, 2.75) is 12.8 Å². The second-order valence-electron chi connectivity index (χ2n) is 7.59. The summed E-state index contributed by atoms with van der Waals surface area (Å²) in [5.74, 6) is -0.982. The van der Waals surface area contributed by atoms with Crippen LogP contribution in [0.5, 0.6) is 0 Å². The number of non-ortho nitro benzene ring substituents is 1. The fraction of sp³-hybridized carbons (Fsp3) is 0.273. The summed E-state index contributed by atoms with van der Waals surface area (Å²) in [6.07, 6.45) is 1.62. The molecule has 0 spiro atoms. The number of amides is 2. The minimum absolute atomic E-state index is 0.00230. The van der Waals surface area contributed by atoms with Crippen LogP contribution in [0.15, 0.2) is 54.2 Å². The molecule has 2 aliphatic heterocycles. The molecule has 2 aliphatic rings. The molecular weight excluding hydrogens is 422 g/mol. The van der Waals surface area contributed by atoms with Gasteiger partial charge in [0, 0.05) is 36.9 Å². The summed E-state index contributed by atoms with van der Waals surface area (Å²) in [4.78, 5) is 40.3. The lowest BCUT2D eigenvalue weighted by Gasteiger charge is -2.34. The zero-order valence-electron chi connectivity index (χ0n) is 16.5. The standard InChI is InChI=1S/C22H20ClN3O5/c23-16-4-1-5-18(11-16)25-21(28)19(15-6-8-17(9-7-15)26(30)31)20(22(25)29)24-10-2-3-14(12-24)13-27/h1,4-9,11,14,27H,2-3,10,12-13H2. The van der Waals surface area contributed by atoms with Crippen LogP contribution in [-0.4, -0.2) is 46.4 Å². The Morgan fingerprint density at radius 2 is 1.87 bits per heavy atom. The van der Waals surface area contributed by atoms with Gasteiger partial charge in [0.25, 0.3) is 17.5 Å². The maximum Gasteiger partial charge on any atom is 0.282 e. The Bertz CT molecular complexity index is 1080. The molecule has 0 aromatic heterocycles. The van der Waals surface area contributed by atoms with Gasteiger partial charge in [-0.3, -0.25) is 19.7 Å². The van der Waals surface area contributed by atoms with Crippen LogP contribution < -0.4 is 4.90 Å². The van der Waals surface area contributed by atoms with Crippen molar-refractivity contribution in [2.24, 2.45) is 5.92 Å². The molecule has 2 aromatic carbocycles. The van der Waals surface area contributed by atoms with Gasteiger partial charge in [-0.05, 0) is 54.7 Å². The van der Waals surface area contributed by atoms with Gasteiger partial charge in [0.15, 0.2) is 0 Å². The predicted molar refractivity (Wildman–Crippen MR) is 115 cm³/mol. The van der Waals surface area contributed by atoms with E-state index in [9.17, 15) is 24.8 Å². The molecule has 0 bridgehead atoms. The molecule has 1 saturated heterocycles. The van der Waals surface area contributed by atoms with E-state index in [1.165, 1.54) is 24.3 Å². The van der Waals surface area contributed by atoms with Crippen molar-refractivity contribution in [2.75, 3.05) is 24.6 Å². The fourth-order valence-electron chi connectivity index (χ4n) is 4.09. The van der Waals surface area contributed by atoms with Crippen LogP contribution in [0.2, 0.25) is 5.02 Å². The van der Waals surface area contributed by atoms with Gasteiger partial charge in [0.05, 0.1) is 16.2 Å². The van der Waals surface area contributed by atoms with E-state index in [4.69, 9.17) is 11.6 Å². The predicted octanol–water partition coefficient (Wildman–Crippen LogP) is 3.24.